The van der Waals surface area contributed by atoms with Gasteiger partial charge in [0.2, 0.25) is 5.91 Å². The van der Waals surface area contributed by atoms with Crippen LogP contribution in [0.15, 0.2) is 60.0 Å². The molecule has 0 fully saturated rings. The van der Waals surface area contributed by atoms with E-state index in [0.717, 1.165) is 23.9 Å². The molecule has 0 aliphatic rings. The van der Waals surface area contributed by atoms with E-state index in [1.165, 1.54) is 47.7 Å². The average molecular weight is 423 g/mol. The molecule has 0 bridgehead atoms. The highest BCUT2D eigenvalue weighted by Crippen LogP contribution is 2.33. The standard InChI is InChI=1S/C17H12F3N5O3S/c18-17(19,20)11-1-6-15(24-10-21-9-22-24)14(7-11)23-16(26)8-29-13-4-2-12(3-5-13)25(27)28/h1-7,9-10H,8H2,(H,23,26). The number of nitrogens with one attached hydrogen (secondary N) is 1. The molecule has 0 aliphatic heterocycles. The number of non-ortho nitro benzene ring substituents is 1. The molecular formula is C17H12F3N5O3S. The van der Waals surface area contributed by atoms with Crippen molar-refractivity contribution in [2.45, 2.75) is 11.1 Å². The highest BCUT2D eigenvalue weighted by molar-refractivity contribution is 8.00. The van der Waals surface area contributed by atoms with Crippen molar-refractivity contribution in [1.29, 1.82) is 0 Å². The Hall–Kier alpha value is -3.41. The summed E-state index contributed by atoms with van der Waals surface area (Å²) in [4.78, 5) is 26.7. The summed E-state index contributed by atoms with van der Waals surface area (Å²) in [5.74, 6) is -0.653. The van der Waals surface area contributed by atoms with E-state index in [1.807, 2.05) is 0 Å². The van der Waals surface area contributed by atoms with E-state index in [2.05, 4.69) is 15.4 Å². The fourth-order valence-electron chi connectivity index (χ4n) is 2.34. The van der Waals surface area contributed by atoms with Crippen molar-refractivity contribution in [3.63, 3.8) is 0 Å². The topological polar surface area (TPSA) is 103 Å². The van der Waals surface area contributed by atoms with Crippen LogP contribution in [0.5, 0.6) is 0 Å². The van der Waals surface area contributed by atoms with Gasteiger partial charge in [0.1, 0.15) is 12.7 Å². The van der Waals surface area contributed by atoms with Crippen LogP contribution in [-0.4, -0.2) is 31.3 Å². The molecule has 1 aromatic heterocycles. The summed E-state index contributed by atoms with van der Waals surface area (Å²) < 4.78 is 40.4. The second kappa shape index (κ2) is 8.31. The molecule has 1 heterocycles. The Kier molecular flexibility index (Phi) is 5.82. The molecule has 0 spiro atoms. The average Bonchev–Trinajstić information content (AvgIpc) is 3.20. The van der Waals surface area contributed by atoms with Gasteiger partial charge < -0.3 is 5.32 Å². The molecule has 0 aliphatic carbocycles. The number of thioether (sulfide) groups is 1. The summed E-state index contributed by atoms with van der Waals surface area (Å²) in [6, 6.07) is 8.48. The first-order valence-electron chi connectivity index (χ1n) is 7.97. The van der Waals surface area contributed by atoms with Crippen LogP contribution in [0.25, 0.3) is 5.69 Å². The van der Waals surface area contributed by atoms with Gasteiger partial charge >= 0.3 is 6.18 Å². The first kappa shape index (κ1) is 20.3. The van der Waals surface area contributed by atoms with E-state index in [9.17, 15) is 28.1 Å². The van der Waals surface area contributed by atoms with E-state index in [0.29, 0.717) is 4.90 Å². The quantitative estimate of drug-likeness (QED) is 0.366. The van der Waals surface area contributed by atoms with E-state index in [4.69, 9.17) is 0 Å². The van der Waals surface area contributed by atoms with Crippen molar-refractivity contribution >= 4 is 29.0 Å². The molecule has 150 valence electrons. The van der Waals surface area contributed by atoms with Crippen molar-refractivity contribution < 1.29 is 22.9 Å². The summed E-state index contributed by atoms with van der Waals surface area (Å²) in [7, 11) is 0. The summed E-state index contributed by atoms with van der Waals surface area (Å²) in [5, 5.41) is 17.0. The van der Waals surface area contributed by atoms with Gasteiger partial charge in [0, 0.05) is 17.0 Å². The van der Waals surface area contributed by atoms with E-state index in [1.54, 1.807) is 0 Å². The minimum atomic E-state index is -4.58. The highest BCUT2D eigenvalue weighted by Gasteiger charge is 2.31. The normalized spacial score (nSPS) is 11.3. The maximum Gasteiger partial charge on any atom is 0.416 e. The maximum atomic E-state index is 13.0. The van der Waals surface area contributed by atoms with E-state index in [-0.39, 0.29) is 22.8 Å². The number of aromatic nitrogens is 3. The van der Waals surface area contributed by atoms with Crippen LogP contribution in [0, 0.1) is 10.1 Å². The number of hydrogen-bond acceptors (Lipinski definition) is 6. The van der Waals surface area contributed by atoms with Gasteiger partial charge in [0.15, 0.2) is 0 Å². The molecule has 1 N–H and O–H groups in total. The fourth-order valence-corrected chi connectivity index (χ4v) is 3.04. The number of nitro benzene ring substituents is 1. The van der Waals surface area contributed by atoms with Crippen LogP contribution in [0.2, 0.25) is 0 Å². The molecule has 3 aromatic rings. The zero-order valence-electron chi connectivity index (χ0n) is 14.5. The number of halogens is 3. The minimum Gasteiger partial charge on any atom is -0.323 e. The smallest absolute Gasteiger partial charge is 0.323 e. The largest absolute Gasteiger partial charge is 0.416 e. The van der Waals surface area contributed by atoms with Gasteiger partial charge in [0.25, 0.3) is 5.69 Å². The Bertz CT molecular complexity index is 1020. The van der Waals surface area contributed by atoms with Crippen LogP contribution in [-0.2, 0) is 11.0 Å². The number of anilines is 1. The maximum absolute atomic E-state index is 13.0. The van der Waals surface area contributed by atoms with Crippen molar-refractivity contribution in [1.82, 2.24) is 14.8 Å². The second-order valence-electron chi connectivity index (χ2n) is 5.66. The van der Waals surface area contributed by atoms with Gasteiger partial charge in [-0.15, -0.1) is 11.8 Å². The molecule has 0 saturated carbocycles. The van der Waals surface area contributed by atoms with Gasteiger partial charge in [-0.1, -0.05) is 0 Å². The second-order valence-corrected chi connectivity index (χ2v) is 6.71. The molecule has 8 nitrogen and oxygen atoms in total. The Morgan fingerprint density at radius 1 is 1.21 bits per heavy atom. The number of alkyl halides is 3. The lowest BCUT2D eigenvalue weighted by Gasteiger charge is -2.14. The summed E-state index contributed by atoms with van der Waals surface area (Å²) in [6.45, 7) is 0. The number of nitrogens with zero attached hydrogens (tertiary/aromatic N) is 4. The van der Waals surface area contributed by atoms with Crippen LogP contribution >= 0.6 is 11.8 Å². The number of benzene rings is 2. The summed E-state index contributed by atoms with van der Waals surface area (Å²) >= 11 is 1.09. The molecule has 0 saturated heterocycles. The minimum absolute atomic E-state index is 0.0698. The molecule has 2 aromatic carbocycles. The van der Waals surface area contributed by atoms with Gasteiger partial charge in [-0.3, -0.25) is 14.9 Å². The number of carbonyl (C=O) groups is 1. The predicted molar refractivity (Wildman–Crippen MR) is 98.8 cm³/mol. The van der Waals surface area contributed by atoms with Gasteiger partial charge in [-0.2, -0.15) is 18.3 Å². The lowest BCUT2D eigenvalue weighted by Crippen LogP contribution is -2.17. The van der Waals surface area contributed by atoms with Gasteiger partial charge in [0.05, 0.1) is 27.6 Å². The predicted octanol–water partition coefficient (Wildman–Crippen LogP) is 3.93. The molecule has 0 atom stereocenters. The van der Waals surface area contributed by atoms with Crippen molar-refractivity contribution in [3.05, 3.63) is 70.8 Å². The summed E-state index contributed by atoms with van der Waals surface area (Å²) in [6.07, 6.45) is -2.06. The Labute approximate surface area is 165 Å². The SMILES string of the molecule is O=C(CSc1ccc([N+](=O)[O-])cc1)Nc1cc(C(F)(F)F)ccc1-n1cncn1. The first-order chi connectivity index (χ1) is 13.7. The molecule has 0 unspecified atom stereocenters. The van der Waals surface area contributed by atoms with Crippen LogP contribution in [0.3, 0.4) is 0 Å². The molecule has 29 heavy (non-hydrogen) atoms. The third kappa shape index (κ3) is 5.10. The third-order valence-corrected chi connectivity index (χ3v) is 4.69. The van der Waals surface area contributed by atoms with E-state index >= 15 is 0 Å². The van der Waals surface area contributed by atoms with Gasteiger partial charge in [-0.05, 0) is 30.3 Å². The zero-order chi connectivity index (χ0) is 21.0. The number of rotatable bonds is 6. The molecule has 1 amide bonds. The fraction of sp³-hybridized carbons (Fsp3) is 0.118. The third-order valence-electron chi connectivity index (χ3n) is 3.68. The lowest BCUT2D eigenvalue weighted by molar-refractivity contribution is -0.384. The molecular weight excluding hydrogens is 411 g/mol. The van der Waals surface area contributed by atoms with Crippen molar-refractivity contribution in [3.8, 4) is 5.69 Å². The number of nitro groups is 1. The van der Waals surface area contributed by atoms with Crippen LogP contribution < -0.4 is 5.32 Å². The van der Waals surface area contributed by atoms with E-state index < -0.39 is 22.6 Å². The Morgan fingerprint density at radius 2 is 1.93 bits per heavy atom. The Balaban J connectivity index is 1.75. The number of carbonyl (C=O) groups excluding carboxylic acids is 1. The van der Waals surface area contributed by atoms with Crippen LogP contribution in [0.4, 0.5) is 24.5 Å². The molecule has 0 radical (unpaired) electrons. The summed E-state index contributed by atoms with van der Waals surface area (Å²) in [5.41, 5.74) is -0.844. The lowest BCUT2D eigenvalue weighted by atomic mass is 10.1. The number of amides is 1. The highest BCUT2D eigenvalue weighted by atomic mass is 32.2. The van der Waals surface area contributed by atoms with Crippen LogP contribution in [0.1, 0.15) is 5.56 Å². The zero-order valence-corrected chi connectivity index (χ0v) is 15.3. The molecule has 3 rings (SSSR count). The number of hydrogen-bond donors (Lipinski definition) is 1. The first-order valence-corrected chi connectivity index (χ1v) is 8.96. The van der Waals surface area contributed by atoms with Gasteiger partial charge in [-0.25, -0.2) is 9.67 Å². The Morgan fingerprint density at radius 3 is 2.52 bits per heavy atom. The van der Waals surface area contributed by atoms with Crippen molar-refractivity contribution in [2.24, 2.45) is 0 Å². The molecule has 12 heteroatoms. The monoisotopic (exact) mass is 423 g/mol. The van der Waals surface area contributed by atoms with Crippen molar-refractivity contribution in [2.75, 3.05) is 11.1 Å².